The first-order valence-corrected chi connectivity index (χ1v) is 12.7. The van der Waals surface area contributed by atoms with Crippen LogP contribution in [-0.2, 0) is 14.3 Å². The van der Waals surface area contributed by atoms with Crippen molar-refractivity contribution in [2.45, 2.75) is 31.5 Å². The Morgan fingerprint density at radius 3 is 2.84 bits per heavy atom. The van der Waals surface area contributed by atoms with Crippen molar-refractivity contribution in [2.75, 3.05) is 65.0 Å². The number of carbonyl (C=O) groups excluding carboxylic acids is 1. The van der Waals surface area contributed by atoms with Gasteiger partial charge < -0.3 is 19.7 Å². The summed E-state index contributed by atoms with van der Waals surface area (Å²) in [4.78, 5) is 25.1. The van der Waals surface area contributed by atoms with Crippen molar-refractivity contribution in [1.82, 2.24) is 30.0 Å². The molecule has 3 aromatic rings. The number of nitrogens with one attached hydrogen (secondary N) is 1. The number of aryl methyl sites for hydroxylation is 1. The minimum atomic E-state index is -0.946. The van der Waals surface area contributed by atoms with Crippen molar-refractivity contribution in [3.63, 3.8) is 0 Å². The van der Waals surface area contributed by atoms with Crippen LogP contribution in [-0.4, -0.2) is 103 Å². The Bertz CT molecular complexity index is 1250. The van der Waals surface area contributed by atoms with E-state index in [0.29, 0.717) is 44.5 Å². The fourth-order valence-corrected chi connectivity index (χ4v) is 5.33. The first-order chi connectivity index (χ1) is 18.0. The van der Waals surface area contributed by atoms with Crippen LogP contribution < -0.4 is 10.2 Å². The number of hydrogen-bond acceptors (Lipinski definition) is 8. The lowest BCUT2D eigenvalue weighted by atomic mass is 9.85. The van der Waals surface area contributed by atoms with Crippen LogP contribution in [0.15, 0.2) is 30.7 Å². The molecule has 0 aliphatic carbocycles. The van der Waals surface area contributed by atoms with E-state index in [9.17, 15) is 4.79 Å². The summed E-state index contributed by atoms with van der Waals surface area (Å²) < 4.78 is 27.9. The molecule has 5 rings (SSSR count). The zero-order valence-corrected chi connectivity index (χ0v) is 21.6. The van der Waals surface area contributed by atoms with Gasteiger partial charge in [-0.15, -0.1) is 0 Å². The Morgan fingerprint density at radius 2 is 2.05 bits per heavy atom. The van der Waals surface area contributed by atoms with Crippen LogP contribution >= 0.6 is 0 Å². The topological polar surface area (TPSA) is 97.6 Å². The predicted octanol–water partition coefficient (Wildman–Crippen LogP) is 1.85. The van der Waals surface area contributed by atoms with Crippen molar-refractivity contribution >= 4 is 22.6 Å². The van der Waals surface area contributed by atoms with Gasteiger partial charge in [-0.25, -0.2) is 19.0 Å². The maximum Gasteiger partial charge on any atom is 0.250 e. The normalized spacial score (nSPS) is 22.9. The Morgan fingerprint density at radius 1 is 1.22 bits per heavy atom. The second kappa shape index (κ2) is 11.1. The average molecular weight is 512 g/mol. The van der Waals surface area contributed by atoms with Gasteiger partial charge in [-0.1, -0.05) is 0 Å². The first-order valence-electron chi connectivity index (χ1n) is 12.7. The molecule has 0 saturated carbocycles. The Hall–Kier alpha value is -3.15. The summed E-state index contributed by atoms with van der Waals surface area (Å²) in [6.45, 7) is 6.11. The molecule has 2 saturated heterocycles. The molecule has 3 atom stereocenters. The van der Waals surface area contributed by atoms with Gasteiger partial charge in [0.15, 0.2) is 11.9 Å². The van der Waals surface area contributed by atoms with E-state index in [1.807, 2.05) is 24.1 Å². The number of amides is 1. The molecule has 2 aliphatic rings. The summed E-state index contributed by atoms with van der Waals surface area (Å²) in [6.07, 6.45) is 2.57. The molecule has 198 valence electrons. The smallest absolute Gasteiger partial charge is 0.250 e. The molecule has 0 radical (unpaired) electrons. The largest absolute Gasteiger partial charge is 0.383 e. The number of morpholine rings is 1. The number of likely N-dealkylation sites (tertiary alicyclic amines) is 1. The minimum Gasteiger partial charge on any atom is -0.383 e. The minimum absolute atomic E-state index is 0.157. The zero-order chi connectivity index (χ0) is 25.9. The Labute approximate surface area is 215 Å². The van der Waals surface area contributed by atoms with Crippen molar-refractivity contribution in [3.05, 3.63) is 41.9 Å². The number of ether oxygens (including phenoxy) is 2. The van der Waals surface area contributed by atoms with Gasteiger partial charge in [-0.2, -0.15) is 5.10 Å². The number of nitrogens with zero attached hydrogens (tertiary/aromatic N) is 6. The summed E-state index contributed by atoms with van der Waals surface area (Å²) in [5.74, 6) is 0.993. The van der Waals surface area contributed by atoms with Gasteiger partial charge in [0.1, 0.15) is 18.3 Å². The molecule has 2 fully saturated rings. The van der Waals surface area contributed by atoms with Crippen LogP contribution in [0.2, 0.25) is 0 Å². The van der Waals surface area contributed by atoms with Gasteiger partial charge in [-0.05, 0) is 43.1 Å². The summed E-state index contributed by atoms with van der Waals surface area (Å²) in [7, 11) is 3.27. The van der Waals surface area contributed by atoms with Gasteiger partial charge in [0.2, 0.25) is 0 Å². The van der Waals surface area contributed by atoms with E-state index >= 15 is 4.39 Å². The summed E-state index contributed by atoms with van der Waals surface area (Å²) in [6, 6.07) is 6.01. The molecule has 10 nitrogen and oxygen atoms in total. The molecule has 0 unspecified atom stereocenters. The number of alkyl halides is 1. The lowest BCUT2D eigenvalue weighted by Crippen LogP contribution is -2.49. The van der Waals surface area contributed by atoms with E-state index in [1.165, 1.54) is 6.33 Å². The summed E-state index contributed by atoms with van der Waals surface area (Å²) in [5.41, 5.74) is 2.97. The SMILES string of the molecule is CNC(=O)[C@H]1CN(c2cc(-n3ncc4cc(C)c([C@@H]5CCN(CCOC)C[C@@H]5F)cc43)ncn2)CCO1. The maximum absolute atomic E-state index is 15.3. The van der Waals surface area contributed by atoms with E-state index < -0.39 is 12.3 Å². The molecule has 0 spiro atoms. The highest BCUT2D eigenvalue weighted by atomic mass is 19.1. The van der Waals surface area contributed by atoms with Gasteiger partial charge in [0, 0.05) is 51.2 Å². The van der Waals surface area contributed by atoms with Gasteiger partial charge in [0.25, 0.3) is 5.91 Å². The molecular weight excluding hydrogens is 477 g/mol. The van der Waals surface area contributed by atoms with Gasteiger partial charge in [0.05, 0.1) is 31.5 Å². The van der Waals surface area contributed by atoms with Crippen LogP contribution in [0, 0.1) is 6.92 Å². The average Bonchev–Trinajstić information content (AvgIpc) is 3.34. The fraction of sp³-hybridized carbons (Fsp3) is 0.538. The van der Waals surface area contributed by atoms with Crippen molar-refractivity contribution in [3.8, 4) is 5.82 Å². The van der Waals surface area contributed by atoms with Crippen LogP contribution in [0.25, 0.3) is 16.7 Å². The Kier molecular flexibility index (Phi) is 7.63. The molecule has 2 aromatic heterocycles. The van der Waals surface area contributed by atoms with Crippen molar-refractivity contribution in [2.24, 2.45) is 0 Å². The first kappa shape index (κ1) is 25.5. The van der Waals surface area contributed by atoms with E-state index in [2.05, 4.69) is 37.4 Å². The van der Waals surface area contributed by atoms with E-state index in [1.54, 1.807) is 18.8 Å². The van der Waals surface area contributed by atoms with Crippen LogP contribution in [0.3, 0.4) is 0 Å². The van der Waals surface area contributed by atoms with Crippen LogP contribution in [0.4, 0.5) is 10.2 Å². The Balaban J connectivity index is 1.41. The summed E-state index contributed by atoms with van der Waals surface area (Å²) >= 11 is 0. The number of rotatable bonds is 7. The maximum atomic E-state index is 15.3. The van der Waals surface area contributed by atoms with Crippen LogP contribution in [0.1, 0.15) is 23.5 Å². The molecule has 11 heteroatoms. The number of piperidine rings is 1. The van der Waals surface area contributed by atoms with Crippen molar-refractivity contribution in [1.29, 1.82) is 0 Å². The predicted molar refractivity (Wildman–Crippen MR) is 138 cm³/mol. The molecule has 37 heavy (non-hydrogen) atoms. The number of benzene rings is 1. The quantitative estimate of drug-likeness (QED) is 0.513. The van der Waals surface area contributed by atoms with E-state index in [4.69, 9.17) is 9.47 Å². The second-order valence-corrected chi connectivity index (χ2v) is 9.68. The highest BCUT2D eigenvalue weighted by Gasteiger charge is 2.32. The lowest BCUT2D eigenvalue weighted by molar-refractivity contribution is -0.132. The number of hydrogen-bond donors (Lipinski definition) is 1. The molecule has 1 aromatic carbocycles. The highest BCUT2D eigenvalue weighted by molar-refractivity contribution is 5.82. The van der Waals surface area contributed by atoms with Gasteiger partial charge in [-0.3, -0.25) is 9.69 Å². The number of halogens is 1. The van der Waals surface area contributed by atoms with Gasteiger partial charge >= 0.3 is 0 Å². The molecule has 4 heterocycles. The van der Waals surface area contributed by atoms with Crippen LogP contribution in [0.5, 0.6) is 0 Å². The number of fused-ring (bicyclic) bond motifs is 1. The summed E-state index contributed by atoms with van der Waals surface area (Å²) in [5, 5.41) is 8.22. The highest BCUT2D eigenvalue weighted by Crippen LogP contribution is 2.35. The van der Waals surface area contributed by atoms with E-state index in [0.717, 1.165) is 41.5 Å². The number of aromatic nitrogens is 4. The molecule has 1 amide bonds. The zero-order valence-electron chi connectivity index (χ0n) is 21.6. The lowest BCUT2D eigenvalue weighted by Gasteiger charge is -2.35. The van der Waals surface area contributed by atoms with E-state index in [-0.39, 0.29) is 11.8 Å². The third-order valence-corrected chi connectivity index (χ3v) is 7.38. The number of methoxy groups -OCH3 is 1. The third-order valence-electron chi connectivity index (χ3n) is 7.38. The molecule has 0 bridgehead atoms. The fourth-order valence-electron chi connectivity index (χ4n) is 5.33. The molecule has 1 N–H and O–H groups in total. The number of likely N-dealkylation sites (N-methyl/N-ethyl adjacent to an activating group) is 1. The standard InChI is InChI=1S/C26H34FN7O3/c1-17-10-18-13-31-34(22(18)11-20(17)19-4-5-32(6-8-36-3)14-21(19)27)25-12-24(29-16-30-25)33-7-9-37-23(15-33)26(35)28-2/h10-13,16,19,21,23H,4-9,14-15H2,1-3H3,(H,28,35)/t19-,21-,23+/m0/s1. The number of anilines is 1. The second-order valence-electron chi connectivity index (χ2n) is 9.68. The third kappa shape index (κ3) is 5.29. The molecule has 2 aliphatic heterocycles. The molecular formula is C26H34FN7O3. The monoisotopic (exact) mass is 511 g/mol. The number of carbonyl (C=O) groups is 1. The van der Waals surface area contributed by atoms with Crippen molar-refractivity contribution < 1.29 is 18.7 Å².